The van der Waals surface area contributed by atoms with E-state index in [2.05, 4.69) is 0 Å². The van der Waals surface area contributed by atoms with Crippen molar-refractivity contribution in [1.29, 1.82) is 0 Å². The first kappa shape index (κ1) is 30.0. The molecule has 0 aliphatic carbocycles. The predicted octanol–water partition coefficient (Wildman–Crippen LogP) is -1.74. The third-order valence-electron chi connectivity index (χ3n) is 7.18. The zero-order valence-electron chi connectivity index (χ0n) is 21.9. The van der Waals surface area contributed by atoms with Gasteiger partial charge in [-0.05, 0) is 31.2 Å². The summed E-state index contributed by atoms with van der Waals surface area (Å²) in [7, 11) is 0. The van der Waals surface area contributed by atoms with Gasteiger partial charge in [0.1, 0.15) is 70.9 Å². The molecule has 0 radical (unpaired) electrons. The second-order valence-corrected chi connectivity index (χ2v) is 10.1. The van der Waals surface area contributed by atoms with Gasteiger partial charge in [-0.2, -0.15) is 0 Å². The van der Waals surface area contributed by atoms with E-state index >= 15 is 0 Å². The van der Waals surface area contributed by atoms with Crippen LogP contribution in [0.4, 0.5) is 0 Å². The first-order valence-corrected chi connectivity index (χ1v) is 12.9. The van der Waals surface area contributed by atoms with Gasteiger partial charge in [-0.25, -0.2) is 0 Å². The SMILES string of the molecule is C[C@@H]1O[C@@H](Oc2cc(O)c3c(=O)c(O[C@H]4O[C@H](CO)[C@@H](O)[C@H](O)[C@H]4O)c(-c4ccc(O)cc4)oc3c2)[C@H](O)[C@H](O)[C@@H]1O. The average molecular weight is 595 g/mol. The van der Waals surface area contributed by atoms with Crippen molar-refractivity contribution >= 4 is 11.0 Å². The molecule has 3 aromatic rings. The number of ether oxygens (including phenoxy) is 4. The van der Waals surface area contributed by atoms with Crippen molar-refractivity contribution in [2.75, 3.05) is 6.61 Å². The van der Waals surface area contributed by atoms with Crippen LogP contribution in [0.2, 0.25) is 0 Å². The number of aromatic hydroxyl groups is 2. The van der Waals surface area contributed by atoms with Gasteiger partial charge in [0.2, 0.25) is 23.8 Å². The Morgan fingerprint density at radius 1 is 0.786 bits per heavy atom. The van der Waals surface area contributed by atoms with E-state index < -0.39 is 90.3 Å². The van der Waals surface area contributed by atoms with E-state index in [1.165, 1.54) is 37.3 Å². The summed E-state index contributed by atoms with van der Waals surface area (Å²) in [5, 5.41) is 90.7. The maximum Gasteiger partial charge on any atom is 0.239 e. The van der Waals surface area contributed by atoms with E-state index in [1.54, 1.807) is 0 Å². The Labute approximate surface area is 236 Å². The Kier molecular flexibility index (Phi) is 8.30. The molecule has 3 heterocycles. The van der Waals surface area contributed by atoms with Crippen LogP contribution in [0.1, 0.15) is 6.92 Å². The Morgan fingerprint density at radius 2 is 1.40 bits per heavy atom. The molecule has 10 atom stereocenters. The summed E-state index contributed by atoms with van der Waals surface area (Å²) in [5.41, 5.74) is -1.01. The molecule has 0 bridgehead atoms. The van der Waals surface area contributed by atoms with Crippen LogP contribution in [0.25, 0.3) is 22.3 Å². The summed E-state index contributed by atoms with van der Waals surface area (Å²) in [4.78, 5) is 13.7. The molecule has 1 aromatic heterocycles. The molecule has 0 unspecified atom stereocenters. The Morgan fingerprint density at radius 3 is 2.05 bits per heavy atom. The Balaban J connectivity index is 1.58. The molecule has 2 aromatic carbocycles. The van der Waals surface area contributed by atoms with Gasteiger partial charge in [0.05, 0.1) is 12.7 Å². The second-order valence-electron chi connectivity index (χ2n) is 10.1. The van der Waals surface area contributed by atoms with Crippen molar-refractivity contribution in [3.63, 3.8) is 0 Å². The fourth-order valence-electron chi connectivity index (χ4n) is 4.76. The molecule has 15 nitrogen and oxygen atoms in total. The number of aliphatic hydroxyl groups is 7. The van der Waals surface area contributed by atoms with Gasteiger partial charge in [0.25, 0.3) is 0 Å². The quantitative estimate of drug-likeness (QED) is 0.154. The zero-order valence-corrected chi connectivity index (χ0v) is 21.9. The lowest BCUT2D eigenvalue weighted by atomic mass is 9.99. The smallest absolute Gasteiger partial charge is 0.239 e. The van der Waals surface area contributed by atoms with Crippen molar-refractivity contribution in [3.05, 3.63) is 46.6 Å². The highest BCUT2D eigenvalue weighted by atomic mass is 16.7. The molecule has 2 aliphatic heterocycles. The Bertz CT molecular complexity index is 1470. The van der Waals surface area contributed by atoms with Crippen molar-refractivity contribution in [2.45, 2.75) is 68.3 Å². The molecule has 15 heteroatoms. The van der Waals surface area contributed by atoms with Crippen LogP contribution in [-0.2, 0) is 9.47 Å². The summed E-state index contributed by atoms with van der Waals surface area (Å²) in [6.07, 6.45) is -15.5. The molecule has 228 valence electrons. The molecule has 2 fully saturated rings. The minimum absolute atomic E-state index is 0.112. The van der Waals surface area contributed by atoms with Gasteiger partial charge >= 0.3 is 0 Å². The highest BCUT2D eigenvalue weighted by Gasteiger charge is 2.46. The maximum absolute atomic E-state index is 13.7. The third kappa shape index (κ3) is 5.37. The van der Waals surface area contributed by atoms with Crippen LogP contribution >= 0.6 is 0 Å². The largest absolute Gasteiger partial charge is 0.508 e. The topological polar surface area (TPSA) is 249 Å². The molecule has 2 aliphatic rings. The van der Waals surface area contributed by atoms with Crippen molar-refractivity contribution in [2.24, 2.45) is 0 Å². The van der Waals surface area contributed by atoms with Gasteiger partial charge in [-0.15, -0.1) is 0 Å². The zero-order chi connectivity index (χ0) is 30.5. The second kappa shape index (κ2) is 11.6. The van der Waals surface area contributed by atoms with E-state index in [4.69, 9.17) is 23.4 Å². The standard InChI is InChI=1S/C27H30O15/c1-9-17(31)20(34)22(36)26(38-9)39-12-6-13(30)16-14(7-12)40-24(10-2-4-11(29)5-3-10)25(19(16)33)42-27-23(37)21(35)18(32)15(8-28)41-27/h2-7,9,15,17-18,20-23,26-32,34-37H,8H2,1H3/t9-,15+,17+,18+,20+,21-,22+,23+,26-,27+/m0/s1. The molecular formula is C27H30O15. The minimum Gasteiger partial charge on any atom is -0.508 e. The lowest BCUT2D eigenvalue weighted by molar-refractivity contribution is -0.277. The number of hydrogen-bond acceptors (Lipinski definition) is 15. The fraction of sp³-hybridized carbons (Fsp3) is 0.444. The molecule has 5 rings (SSSR count). The summed E-state index contributed by atoms with van der Waals surface area (Å²) in [6.45, 7) is 0.702. The number of hydrogen-bond donors (Lipinski definition) is 9. The highest BCUT2D eigenvalue weighted by molar-refractivity contribution is 5.88. The van der Waals surface area contributed by atoms with Crippen LogP contribution < -0.4 is 14.9 Å². The number of phenolic OH excluding ortho intramolecular Hbond substituents is 2. The first-order chi connectivity index (χ1) is 19.9. The summed E-state index contributed by atoms with van der Waals surface area (Å²) >= 11 is 0. The molecule has 0 amide bonds. The fourth-order valence-corrected chi connectivity index (χ4v) is 4.76. The van der Waals surface area contributed by atoms with E-state index in [-0.39, 0.29) is 28.4 Å². The van der Waals surface area contributed by atoms with Crippen LogP contribution in [0.3, 0.4) is 0 Å². The Hall–Kier alpha value is -3.51. The van der Waals surface area contributed by atoms with E-state index in [1.807, 2.05) is 0 Å². The molecule has 9 N–H and O–H groups in total. The predicted molar refractivity (Wildman–Crippen MR) is 139 cm³/mol. The molecule has 0 saturated carbocycles. The molecule has 2 saturated heterocycles. The first-order valence-electron chi connectivity index (χ1n) is 12.9. The third-order valence-corrected chi connectivity index (χ3v) is 7.18. The number of fused-ring (bicyclic) bond motifs is 1. The number of phenols is 2. The van der Waals surface area contributed by atoms with Crippen molar-refractivity contribution in [3.8, 4) is 34.3 Å². The summed E-state index contributed by atoms with van der Waals surface area (Å²) < 4.78 is 28.0. The molecule has 42 heavy (non-hydrogen) atoms. The monoisotopic (exact) mass is 594 g/mol. The number of rotatable bonds is 6. The van der Waals surface area contributed by atoms with Gasteiger partial charge in [-0.3, -0.25) is 4.79 Å². The van der Waals surface area contributed by atoms with Gasteiger partial charge in [0.15, 0.2) is 5.76 Å². The van der Waals surface area contributed by atoms with Crippen molar-refractivity contribution < 1.29 is 69.3 Å². The summed E-state index contributed by atoms with van der Waals surface area (Å²) in [5.74, 6) is -1.77. The number of benzene rings is 2. The van der Waals surface area contributed by atoms with Crippen LogP contribution in [0.15, 0.2) is 45.6 Å². The molecule has 0 spiro atoms. The highest BCUT2D eigenvalue weighted by Crippen LogP contribution is 2.38. The average Bonchev–Trinajstić information content (AvgIpc) is 2.96. The lowest BCUT2D eigenvalue weighted by Gasteiger charge is -2.39. The van der Waals surface area contributed by atoms with Crippen molar-refractivity contribution in [1.82, 2.24) is 0 Å². The lowest BCUT2D eigenvalue weighted by Crippen LogP contribution is -2.60. The van der Waals surface area contributed by atoms with Gasteiger partial charge in [0, 0.05) is 17.7 Å². The van der Waals surface area contributed by atoms with E-state index in [9.17, 15) is 50.8 Å². The minimum atomic E-state index is -1.87. The van der Waals surface area contributed by atoms with E-state index in [0.29, 0.717) is 0 Å². The van der Waals surface area contributed by atoms with Crippen LogP contribution in [0.5, 0.6) is 23.0 Å². The van der Waals surface area contributed by atoms with E-state index in [0.717, 1.165) is 6.07 Å². The number of aliphatic hydroxyl groups excluding tert-OH is 7. The van der Waals surface area contributed by atoms with Gasteiger partial charge in [-0.1, -0.05) is 0 Å². The van der Waals surface area contributed by atoms with Crippen LogP contribution in [0, 0.1) is 0 Å². The maximum atomic E-state index is 13.7. The molecular weight excluding hydrogens is 564 g/mol. The van der Waals surface area contributed by atoms with Crippen LogP contribution in [-0.4, -0.2) is 114 Å². The van der Waals surface area contributed by atoms with Gasteiger partial charge < -0.3 is 69.3 Å². The normalized spacial score (nSPS) is 33.4. The summed E-state index contributed by atoms with van der Waals surface area (Å²) in [6, 6.07) is 7.53.